The van der Waals surface area contributed by atoms with Crippen LogP contribution in [0.4, 0.5) is 11.4 Å². The molecule has 0 spiro atoms. The van der Waals surface area contributed by atoms with Gasteiger partial charge in [-0.25, -0.2) is 0 Å². The standard InChI is InChI=1S/C60H44N2/c1-4-17-43(18-5-1)46-21-12-22-47(39-46)45-35-37-53(38-36-45)61(54-29-14-24-49(41-54)44-19-6-2-7-20-44)55-30-15-25-50(42-55)48-23-13-26-51(40-48)56-32-16-34-59-60(56)57-31-10-11-33-58(57)62(59)52-27-8-3-9-28-52/h1-35,37-42,45H,36H2. The number of allylic oxidation sites excluding steroid dienone is 3. The molecule has 11 rings (SSSR count). The summed E-state index contributed by atoms with van der Waals surface area (Å²) in [5, 5.41) is 2.52. The third kappa shape index (κ3) is 7.02. The van der Waals surface area contributed by atoms with Crippen LogP contribution in [-0.2, 0) is 0 Å². The van der Waals surface area contributed by atoms with Crippen molar-refractivity contribution in [2.75, 3.05) is 4.90 Å². The number of rotatable bonds is 9. The summed E-state index contributed by atoms with van der Waals surface area (Å²) in [6.45, 7) is 0. The third-order valence-electron chi connectivity index (χ3n) is 12.3. The van der Waals surface area contributed by atoms with Gasteiger partial charge in [0.15, 0.2) is 0 Å². The molecule has 0 bridgehead atoms. The zero-order valence-corrected chi connectivity index (χ0v) is 34.4. The average Bonchev–Trinajstić information content (AvgIpc) is 3.70. The maximum Gasteiger partial charge on any atom is 0.0547 e. The number of benzene rings is 9. The Morgan fingerprint density at radius 3 is 1.60 bits per heavy atom. The number of para-hydroxylation sites is 2. The van der Waals surface area contributed by atoms with Crippen LogP contribution >= 0.6 is 0 Å². The van der Waals surface area contributed by atoms with Gasteiger partial charge in [0.1, 0.15) is 0 Å². The van der Waals surface area contributed by atoms with Gasteiger partial charge in [-0.05, 0) is 117 Å². The number of aromatic nitrogens is 1. The van der Waals surface area contributed by atoms with Crippen molar-refractivity contribution in [1.29, 1.82) is 0 Å². The minimum Gasteiger partial charge on any atom is -0.311 e. The van der Waals surface area contributed by atoms with Crippen molar-refractivity contribution >= 4 is 33.2 Å². The zero-order valence-electron chi connectivity index (χ0n) is 34.4. The number of hydrogen-bond acceptors (Lipinski definition) is 1. The van der Waals surface area contributed by atoms with E-state index in [4.69, 9.17) is 0 Å². The van der Waals surface area contributed by atoms with E-state index in [0.717, 1.165) is 29.2 Å². The van der Waals surface area contributed by atoms with Crippen LogP contribution in [0.15, 0.2) is 254 Å². The van der Waals surface area contributed by atoms with Crippen molar-refractivity contribution in [3.63, 3.8) is 0 Å². The number of nitrogens with zero attached hydrogens (tertiary/aromatic N) is 2. The molecule has 2 heteroatoms. The largest absolute Gasteiger partial charge is 0.311 e. The second kappa shape index (κ2) is 16.3. The van der Waals surface area contributed by atoms with Gasteiger partial charge in [-0.1, -0.05) is 188 Å². The minimum atomic E-state index is 0.292. The van der Waals surface area contributed by atoms with E-state index in [0.29, 0.717) is 5.92 Å². The first-order valence-corrected chi connectivity index (χ1v) is 21.5. The van der Waals surface area contributed by atoms with Crippen LogP contribution < -0.4 is 4.90 Å². The fraction of sp³-hybridized carbons (Fsp3) is 0.0333. The molecule has 0 amide bonds. The predicted molar refractivity (Wildman–Crippen MR) is 262 cm³/mol. The Hall–Kier alpha value is -7.94. The molecule has 1 unspecified atom stereocenters. The van der Waals surface area contributed by atoms with Crippen LogP contribution in [0.2, 0.25) is 0 Å². The number of anilines is 2. The molecular formula is C60H44N2. The molecule has 0 N–H and O–H groups in total. The highest BCUT2D eigenvalue weighted by atomic mass is 15.1. The molecule has 0 aliphatic heterocycles. The van der Waals surface area contributed by atoms with E-state index in [1.165, 1.54) is 71.9 Å². The van der Waals surface area contributed by atoms with Crippen LogP contribution in [0.5, 0.6) is 0 Å². The summed E-state index contributed by atoms with van der Waals surface area (Å²) in [6.07, 6.45) is 8.02. The van der Waals surface area contributed by atoms with Gasteiger partial charge in [-0.15, -0.1) is 0 Å². The van der Waals surface area contributed by atoms with Gasteiger partial charge in [0.2, 0.25) is 0 Å². The summed E-state index contributed by atoms with van der Waals surface area (Å²) in [5.74, 6) is 0.292. The molecule has 0 saturated heterocycles. The second-order valence-corrected chi connectivity index (χ2v) is 16.1. The summed E-state index contributed by atoms with van der Waals surface area (Å²) >= 11 is 0. The zero-order chi connectivity index (χ0) is 41.2. The molecule has 1 aliphatic carbocycles. The first-order valence-electron chi connectivity index (χ1n) is 21.5. The molecule has 1 heterocycles. The van der Waals surface area contributed by atoms with Gasteiger partial charge in [-0.2, -0.15) is 0 Å². The smallest absolute Gasteiger partial charge is 0.0547 e. The maximum absolute atomic E-state index is 2.42. The molecule has 0 radical (unpaired) electrons. The third-order valence-corrected chi connectivity index (χ3v) is 12.3. The predicted octanol–water partition coefficient (Wildman–Crippen LogP) is 16.2. The Kier molecular flexibility index (Phi) is 9.72. The molecule has 0 saturated carbocycles. The van der Waals surface area contributed by atoms with Gasteiger partial charge in [-0.3, -0.25) is 0 Å². The highest BCUT2D eigenvalue weighted by molar-refractivity contribution is 6.15. The van der Waals surface area contributed by atoms with Crippen molar-refractivity contribution in [2.24, 2.45) is 0 Å². The van der Waals surface area contributed by atoms with E-state index >= 15 is 0 Å². The molecule has 0 fully saturated rings. The first kappa shape index (κ1) is 37.1. The monoisotopic (exact) mass is 792 g/mol. The van der Waals surface area contributed by atoms with Crippen LogP contribution in [0.25, 0.3) is 72.0 Å². The van der Waals surface area contributed by atoms with E-state index in [1.807, 2.05) is 0 Å². The Labute approximate surface area is 363 Å². The summed E-state index contributed by atoms with van der Waals surface area (Å²) in [6, 6.07) is 83.5. The lowest BCUT2D eigenvalue weighted by molar-refractivity contribution is 0.840. The number of hydrogen-bond donors (Lipinski definition) is 0. The second-order valence-electron chi connectivity index (χ2n) is 16.1. The Bertz CT molecular complexity index is 3260. The molecule has 1 aromatic heterocycles. The van der Waals surface area contributed by atoms with E-state index < -0.39 is 0 Å². The van der Waals surface area contributed by atoms with Crippen LogP contribution in [0.3, 0.4) is 0 Å². The lowest BCUT2D eigenvalue weighted by Crippen LogP contribution is -2.17. The summed E-state index contributed by atoms with van der Waals surface area (Å²) < 4.78 is 2.39. The van der Waals surface area contributed by atoms with Crippen molar-refractivity contribution in [2.45, 2.75) is 12.3 Å². The van der Waals surface area contributed by atoms with E-state index in [-0.39, 0.29) is 0 Å². The lowest BCUT2D eigenvalue weighted by Gasteiger charge is -2.30. The Balaban J connectivity index is 0.978. The average molecular weight is 793 g/mol. The van der Waals surface area contributed by atoms with Gasteiger partial charge >= 0.3 is 0 Å². The van der Waals surface area contributed by atoms with Crippen LogP contribution in [0, 0.1) is 0 Å². The van der Waals surface area contributed by atoms with E-state index in [9.17, 15) is 0 Å². The minimum absolute atomic E-state index is 0.292. The van der Waals surface area contributed by atoms with Crippen LogP contribution in [0.1, 0.15) is 17.9 Å². The molecule has 62 heavy (non-hydrogen) atoms. The summed E-state index contributed by atoms with van der Waals surface area (Å²) in [7, 11) is 0. The molecule has 294 valence electrons. The fourth-order valence-electron chi connectivity index (χ4n) is 9.31. The topological polar surface area (TPSA) is 8.17 Å². The SMILES string of the molecule is C1=CC(c2cccc(-c3ccccc3)c2)CC=C1N(c1cccc(-c2ccccc2)c1)c1cccc(-c2cccc(-c3cccc4c3c3ccccc3n4-c3ccccc3)c2)c1. The lowest BCUT2D eigenvalue weighted by atomic mass is 9.89. The first-order chi connectivity index (χ1) is 30.7. The Morgan fingerprint density at radius 2 is 0.919 bits per heavy atom. The molecule has 9 aromatic carbocycles. The van der Waals surface area contributed by atoms with Gasteiger partial charge in [0, 0.05) is 39.4 Å². The normalized spacial score (nSPS) is 13.6. The molecule has 1 aliphatic rings. The summed E-state index contributed by atoms with van der Waals surface area (Å²) in [5.41, 5.74) is 18.0. The van der Waals surface area contributed by atoms with Crippen molar-refractivity contribution in [3.8, 4) is 50.2 Å². The molecule has 2 nitrogen and oxygen atoms in total. The Morgan fingerprint density at radius 1 is 0.403 bits per heavy atom. The molecule has 10 aromatic rings. The van der Waals surface area contributed by atoms with Gasteiger partial charge < -0.3 is 9.47 Å². The van der Waals surface area contributed by atoms with Crippen molar-refractivity contribution in [3.05, 3.63) is 260 Å². The highest BCUT2D eigenvalue weighted by Gasteiger charge is 2.21. The summed E-state index contributed by atoms with van der Waals surface area (Å²) in [4.78, 5) is 2.42. The van der Waals surface area contributed by atoms with Gasteiger partial charge in [0.05, 0.1) is 11.0 Å². The van der Waals surface area contributed by atoms with Gasteiger partial charge in [0.25, 0.3) is 0 Å². The van der Waals surface area contributed by atoms with Crippen molar-refractivity contribution in [1.82, 2.24) is 4.57 Å². The quantitative estimate of drug-likeness (QED) is 0.141. The molecule has 1 atom stereocenters. The van der Waals surface area contributed by atoms with E-state index in [2.05, 4.69) is 258 Å². The fourth-order valence-corrected chi connectivity index (χ4v) is 9.31. The number of fused-ring (bicyclic) bond motifs is 3. The van der Waals surface area contributed by atoms with E-state index in [1.54, 1.807) is 0 Å². The highest BCUT2D eigenvalue weighted by Crippen LogP contribution is 2.42. The molecular weight excluding hydrogens is 749 g/mol. The van der Waals surface area contributed by atoms with Crippen molar-refractivity contribution < 1.29 is 0 Å². The van der Waals surface area contributed by atoms with Crippen LogP contribution in [-0.4, -0.2) is 4.57 Å². The maximum atomic E-state index is 2.42.